The van der Waals surface area contributed by atoms with E-state index in [1.54, 1.807) is 0 Å². The van der Waals surface area contributed by atoms with Crippen LogP contribution in [-0.2, 0) is 11.2 Å². The lowest BCUT2D eigenvalue weighted by Crippen LogP contribution is -2.34. The molecule has 104 valence electrons. The van der Waals surface area contributed by atoms with Gasteiger partial charge >= 0.3 is 0 Å². The van der Waals surface area contributed by atoms with Gasteiger partial charge < -0.3 is 15.0 Å². The molecule has 1 unspecified atom stereocenters. The van der Waals surface area contributed by atoms with Crippen LogP contribution < -0.4 is 5.32 Å². The van der Waals surface area contributed by atoms with Crippen molar-refractivity contribution in [2.24, 2.45) is 0 Å². The number of benzene rings is 1. The molecule has 2 aliphatic rings. The van der Waals surface area contributed by atoms with Crippen molar-refractivity contribution < 1.29 is 4.74 Å². The van der Waals surface area contributed by atoms with Crippen molar-refractivity contribution >= 4 is 0 Å². The van der Waals surface area contributed by atoms with Crippen molar-refractivity contribution in [1.82, 2.24) is 10.2 Å². The van der Waals surface area contributed by atoms with Gasteiger partial charge in [-0.15, -0.1) is 0 Å². The molecule has 1 aromatic carbocycles. The average Bonchev–Trinajstić information content (AvgIpc) is 3.28. The van der Waals surface area contributed by atoms with Crippen molar-refractivity contribution in [3.8, 4) is 0 Å². The lowest BCUT2D eigenvalue weighted by molar-refractivity contribution is 0.0423. The van der Waals surface area contributed by atoms with E-state index in [9.17, 15) is 0 Å². The molecule has 0 bridgehead atoms. The van der Waals surface area contributed by atoms with E-state index in [4.69, 9.17) is 4.74 Å². The number of hydrogen-bond acceptors (Lipinski definition) is 3. The fraction of sp³-hybridized carbons (Fsp3) is 0.625. The highest BCUT2D eigenvalue weighted by atomic mass is 16.5. The second kappa shape index (κ2) is 6.04. The normalized spacial score (nSPS) is 22.5. The maximum Gasteiger partial charge on any atom is 0.0952 e. The summed E-state index contributed by atoms with van der Waals surface area (Å²) in [5.74, 6) is 0. The van der Waals surface area contributed by atoms with Gasteiger partial charge in [0.1, 0.15) is 0 Å². The zero-order valence-corrected chi connectivity index (χ0v) is 11.8. The van der Waals surface area contributed by atoms with E-state index in [0.717, 1.165) is 38.7 Å². The van der Waals surface area contributed by atoms with Gasteiger partial charge in [0.25, 0.3) is 0 Å². The zero-order valence-electron chi connectivity index (χ0n) is 11.8. The topological polar surface area (TPSA) is 24.5 Å². The van der Waals surface area contributed by atoms with Crippen molar-refractivity contribution in [1.29, 1.82) is 0 Å². The quantitative estimate of drug-likeness (QED) is 0.792. The van der Waals surface area contributed by atoms with Crippen molar-refractivity contribution in [2.75, 3.05) is 33.3 Å². The lowest BCUT2D eigenvalue weighted by atomic mass is 9.97. The monoisotopic (exact) mass is 260 g/mol. The van der Waals surface area contributed by atoms with Gasteiger partial charge in [-0.1, -0.05) is 24.3 Å². The summed E-state index contributed by atoms with van der Waals surface area (Å²) in [6.07, 6.45) is 4.05. The van der Waals surface area contributed by atoms with Gasteiger partial charge in [-0.2, -0.15) is 0 Å². The molecule has 3 rings (SSSR count). The Bertz CT molecular complexity index is 417. The Kier molecular flexibility index (Phi) is 4.16. The molecule has 1 fully saturated rings. The summed E-state index contributed by atoms with van der Waals surface area (Å²) < 4.78 is 5.90. The second-order valence-corrected chi connectivity index (χ2v) is 5.72. The number of ether oxygens (including phenoxy) is 1. The summed E-state index contributed by atoms with van der Waals surface area (Å²) in [7, 11) is 2.23. The molecule has 1 aliphatic carbocycles. The molecule has 3 heteroatoms. The van der Waals surface area contributed by atoms with Crippen LogP contribution in [0.3, 0.4) is 0 Å². The maximum atomic E-state index is 5.90. The third kappa shape index (κ3) is 3.35. The molecule has 1 atom stereocenters. The molecular formula is C16H24N2O. The first-order valence-corrected chi connectivity index (χ1v) is 7.45. The highest BCUT2D eigenvalue weighted by Crippen LogP contribution is 2.26. The molecule has 0 saturated heterocycles. The highest BCUT2D eigenvalue weighted by molar-refractivity contribution is 5.31. The molecule has 0 amide bonds. The van der Waals surface area contributed by atoms with Crippen molar-refractivity contribution in [3.63, 3.8) is 0 Å². The van der Waals surface area contributed by atoms with Crippen LogP contribution in [0.5, 0.6) is 0 Å². The van der Waals surface area contributed by atoms with Crippen LogP contribution in [0.1, 0.15) is 30.1 Å². The molecule has 1 heterocycles. The minimum absolute atomic E-state index is 0.233. The number of nitrogens with one attached hydrogen (secondary N) is 1. The van der Waals surface area contributed by atoms with Crippen LogP contribution in [0, 0.1) is 0 Å². The minimum Gasteiger partial charge on any atom is -0.372 e. The van der Waals surface area contributed by atoms with E-state index in [1.807, 2.05) is 0 Å². The third-order valence-electron chi connectivity index (χ3n) is 4.23. The maximum absolute atomic E-state index is 5.90. The molecule has 0 spiro atoms. The van der Waals surface area contributed by atoms with Gasteiger partial charge in [-0.25, -0.2) is 0 Å². The van der Waals surface area contributed by atoms with Gasteiger partial charge in [0.2, 0.25) is 0 Å². The van der Waals surface area contributed by atoms with E-state index in [1.165, 1.54) is 24.0 Å². The fourth-order valence-corrected chi connectivity index (χ4v) is 2.83. The Balaban J connectivity index is 1.45. The summed E-state index contributed by atoms with van der Waals surface area (Å²) in [5.41, 5.74) is 2.83. The van der Waals surface area contributed by atoms with E-state index in [0.29, 0.717) is 0 Å². The van der Waals surface area contributed by atoms with Crippen LogP contribution in [0.15, 0.2) is 24.3 Å². The van der Waals surface area contributed by atoms with Gasteiger partial charge in [-0.05, 0) is 37.4 Å². The summed E-state index contributed by atoms with van der Waals surface area (Å²) in [6.45, 7) is 3.97. The predicted molar refractivity (Wildman–Crippen MR) is 77.4 cm³/mol. The number of rotatable bonds is 6. The Labute approximate surface area is 115 Å². The van der Waals surface area contributed by atoms with Gasteiger partial charge in [0.05, 0.1) is 12.7 Å². The van der Waals surface area contributed by atoms with Crippen LogP contribution >= 0.6 is 0 Å². The molecular weight excluding hydrogens is 236 g/mol. The highest BCUT2D eigenvalue weighted by Gasteiger charge is 2.25. The lowest BCUT2D eigenvalue weighted by Gasteiger charge is -2.26. The third-order valence-corrected chi connectivity index (χ3v) is 4.23. The van der Waals surface area contributed by atoms with E-state index >= 15 is 0 Å². The van der Waals surface area contributed by atoms with Crippen molar-refractivity contribution in [3.05, 3.63) is 35.4 Å². The molecule has 19 heavy (non-hydrogen) atoms. The van der Waals surface area contributed by atoms with Crippen molar-refractivity contribution in [2.45, 2.75) is 31.4 Å². The Hall–Kier alpha value is -0.900. The molecule has 3 nitrogen and oxygen atoms in total. The van der Waals surface area contributed by atoms with E-state index in [2.05, 4.69) is 41.5 Å². The summed E-state index contributed by atoms with van der Waals surface area (Å²) >= 11 is 0. The SMILES string of the molecule is CN(CCNCC1OCCc2ccccc21)C1CC1. The summed E-state index contributed by atoms with van der Waals surface area (Å²) in [6, 6.07) is 9.53. The molecule has 0 aromatic heterocycles. The summed E-state index contributed by atoms with van der Waals surface area (Å²) in [4.78, 5) is 2.46. The summed E-state index contributed by atoms with van der Waals surface area (Å²) in [5, 5.41) is 3.54. The first-order valence-electron chi connectivity index (χ1n) is 7.45. The smallest absolute Gasteiger partial charge is 0.0952 e. The number of fused-ring (bicyclic) bond motifs is 1. The van der Waals surface area contributed by atoms with Crippen LogP contribution in [0.25, 0.3) is 0 Å². The first-order chi connectivity index (χ1) is 9.34. The number of nitrogens with zero attached hydrogens (tertiary/aromatic N) is 1. The molecule has 0 radical (unpaired) electrons. The van der Waals surface area contributed by atoms with Gasteiger partial charge in [0.15, 0.2) is 0 Å². The van der Waals surface area contributed by atoms with Crippen LogP contribution in [-0.4, -0.2) is 44.2 Å². The van der Waals surface area contributed by atoms with Crippen LogP contribution in [0.2, 0.25) is 0 Å². The van der Waals surface area contributed by atoms with Gasteiger partial charge in [-0.3, -0.25) is 0 Å². The average molecular weight is 260 g/mol. The zero-order chi connectivity index (χ0) is 13.1. The Morgan fingerprint density at radius 1 is 1.32 bits per heavy atom. The second-order valence-electron chi connectivity index (χ2n) is 5.72. The fourth-order valence-electron chi connectivity index (χ4n) is 2.83. The standard InChI is InChI=1S/C16H24N2O/c1-18(14-6-7-14)10-9-17-12-16-15-5-3-2-4-13(15)8-11-19-16/h2-5,14,16-17H,6-12H2,1H3. The molecule has 1 saturated carbocycles. The molecule has 1 N–H and O–H groups in total. The van der Waals surface area contributed by atoms with E-state index < -0.39 is 0 Å². The number of likely N-dealkylation sites (N-methyl/N-ethyl adjacent to an activating group) is 1. The van der Waals surface area contributed by atoms with Crippen LogP contribution in [0.4, 0.5) is 0 Å². The van der Waals surface area contributed by atoms with E-state index in [-0.39, 0.29) is 6.10 Å². The molecule has 1 aromatic rings. The van der Waals surface area contributed by atoms with Gasteiger partial charge in [0, 0.05) is 25.7 Å². The number of hydrogen-bond donors (Lipinski definition) is 1. The minimum atomic E-state index is 0.233. The largest absolute Gasteiger partial charge is 0.372 e. The Morgan fingerprint density at radius 3 is 3.00 bits per heavy atom. The first kappa shape index (κ1) is 13.1. The molecule has 1 aliphatic heterocycles. The Morgan fingerprint density at radius 2 is 2.16 bits per heavy atom. The predicted octanol–water partition coefficient (Wildman–Crippen LogP) is 1.98.